The maximum Gasteiger partial charge on any atom is 0.319 e. The van der Waals surface area contributed by atoms with E-state index in [1.165, 1.54) is 19.2 Å². The van der Waals surface area contributed by atoms with Gasteiger partial charge in [0.2, 0.25) is 0 Å². The molecule has 1 aliphatic rings. The zero-order valence-electron chi connectivity index (χ0n) is 13.4. The second kappa shape index (κ2) is 8.57. The standard InChI is InChI=1S/C16H22F2N2O2.ClH/c1-16(5-6-19-10-16)11-20(9-15(21)22-2)8-12-3-4-13(17)14(18)7-12;/h3-4,7,19H,5-6,8-11H2,1-2H3;1H. The van der Waals surface area contributed by atoms with Crippen molar-refractivity contribution in [2.45, 2.75) is 19.9 Å². The van der Waals surface area contributed by atoms with Gasteiger partial charge >= 0.3 is 5.97 Å². The number of methoxy groups -OCH3 is 1. The van der Waals surface area contributed by atoms with Crippen LogP contribution in [0.4, 0.5) is 8.78 Å². The summed E-state index contributed by atoms with van der Waals surface area (Å²) in [4.78, 5) is 13.5. The Kier molecular flexibility index (Phi) is 7.38. The van der Waals surface area contributed by atoms with E-state index in [1.807, 2.05) is 4.90 Å². The van der Waals surface area contributed by atoms with Crippen LogP contribution in [0.3, 0.4) is 0 Å². The van der Waals surface area contributed by atoms with E-state index in [0.717, 1.165) is 25.6 Å². The lowest BCUT2D eigenvalue weighted by Gasteiger charge is -2.31. The van der Waals surface area contributed by atoms with Crippen LogP contribution in [0, 0.1) is 17.0 Å². The summed E-state index contributed by atoms with van der Waals surface area (Å²) in [6.07, 6.45) is 1.02. The number of benzene rings is 1. The average molecular weight is 349 g/mol. The number of nitrogens with one attached hydrogen (secondary N) is 1. The number of hydrogen-bond donors (Lipinski definition) is 1. The molecule has 2 rings (SSSR count). The predicted molar refractivity (Wildman–Crippen MR) is 86.5 cm³/mol. The van der Waals surface area contributed by atoms with Crippen molar-refractivity contribution < 1.29 is 18.3 Å². The molecule has 1 aromatic rings. The third kappa shape index (κ3) is 5.71. The fourth-order valence-corrected chi connectivity index (χ4v) is 2.85. The Morgan fingerprint density at radius 3 is 2.70 bits per heavy atom. The molecule has 23 heavy (non-hydrogen) atoms. The zero-order chi connectivity index (χ0) is 16.2. The summed E-state index contributed by atoms with van der Waals surface area (Å²) in [5.74, 6) is -2.07. The fourth-order valence-electron chi connectivity index (χ4n) is 2.85. The van der Waals surface area contributed by atoms with Crippen molar-refractivity contribution in [2.24, 2.45) is 5.41 Å². The van der Waals surface area contributed by atoms with E-state index in [0.29, 0.717) is 18.7 Å². The molecule has 4 nitrogen and oxygen atoms in total. The van der Waals surface area contributed by atoms with Gasteiger partial charge in [-0.3, -0.25) is 9.69 Å². The molecule has 0 amide bonds. The molecule has 1 heterocycles. The van der Waals surface area contributed by atoms with Gasteiger partial charge in [-0.05, 0) is 36.1 Å². The van der Waals surface area contributed by atoms with Gasteiger partial charge in [0.15, 0.2) is 11.6 Å². The largest absolute Gasteiger partial charge is 0.468 e. The van der Waals surface area contributed by atoms with Crippen LogP contribution < -0.4 is 5.32 Å². The smallest absolute Gasteiger partial charge is 0.319 e. The quantitative estimate of drug-likeness (QED) is 0.801. The lowest BCUT2D eigenvalue weighted by molar-refractivity contribution is -0.142. The zero-order valence-corrected chi connectivity index (χ0v) is 14.2. The molecule has 7 heteroatoms. The van der Waals surface area contributed by atoms with Crippen LogP contribution in [0.25, 0.3) is 0 Å². The van der Waals surface area contributed by atoms with Crippen LogP contribution in [-0.2, 0) is 16.1 Å². The van der Waals surface area contributed by atoms with Gasteiger partial charge in [0.1, 0.15) is 0 Å². The summed E-state index contributed by atoms with van der Waals surface area (Å²) in [6.45, 7) is 5.18. The van der Waals surface area contributed by atoms with E-state index in [4.69, 9.17) is 4.74 Å². The van der Waals surface area contributed by atoms with Gasteiger partial charge in [-0.15, -0.1) is 12.4 Å². The van der Waals surface area contributed by atoms with E-state index < -0.39 is 11.6 Å². The summed E-state index contributed by atoms with van der Waals surface area (Å²) in [7, 11) is 1.34. The molecular weight excluding hydrogens is 326 g/mol. The molecule has 1 N–H and O–H groups in total. The monoisotopic (exact) mass is 348 g/mol. The van der Waals surface area contributed by atoms with Gasteiger partial charge in [-0.25, -0.2) is 8.78 Å². The maximum absolute atomic E-state index is 13.3. The molecule has 1 aromatic carbocycles. The van der Waals surface area contributed by atoms with Crippen LogP contribution >= 0.6 is 12.4 Å². The number of esters is 1. The number of carbonyl (C=O) groups excluding carboxylic acids is 1. The highest BCUT2D eigenvalue weighted by Crippen LogP contribution is 2.26. The molecular formula is C16H23ClF2N2O2. The normalized spacial score (nSPS) is 20.4. The highest BCUT2D eigenvalue weighted by Gasteiger charge is 2.31. The first-order chi connectivity index (χ1) is 10.4. The van der Waals surface area contributed by atoms with E-state index >= 15 is 0 Å². The average Bonchev–Trinajstić information content (AvgIpc) is 2.89. The molecule has 1 aliphatic heterocycles. The van der Waals surface area contributed by atoms with Crippen LogP contribution in [0.5, 0.6) is 0 Å². The summed E-state index contributed by atoms with van der Waals surface area (Å²) < 4.78 is 31.1. The van der Waals surface area contributed by atoms with Gasteiger partial charge < -0.3 is 10.1 Å². The summed E-state index contributed by atoms with van der Waals surface area (Å²) in [6, 6.07) is 3.83. The number of carbonyl (C=O) groups is 1. The van der Waals surface area contributed by atoms with Crippen molar-refractivity contribution in [2.75, 3.05) is 33.3 Å². The molecule has 0 saturated carbocycles. The lowest BCUT2D eigenvalue weighted by Crippen LogP contribution is -2.40. The Morgan fingerprint density at radius 2 is 2.13 bits per heavy atom. The van der Waals surface area contributed by atoms with Gasteiger partial charge in [0.05, 0.1) is 13.7 Å². The minimum atomic E-state index is -0.871. The molecule has 0 aliphatic carbocycles. The highest BCUT2D eigenvalue weighted by molar-refractivity contribution is 5.85. The van der Waals surface area contributed by atoms with Crippen molar-refractivity contribution in [1.29, 1.82) is 0 Å². The Balaban J connectivity index is 0.00000264. The minimum Gasteiger partial charge on any atom is -0.468 e. The molecule has 130 valence electrons. The number of hydrogen-bond acceptors (Lipinski definition) is 4. The first-order valence-corrected chi connectivity index (χ1v) is 7.36. The summed E-state index contributed by atoms with van der Waals surface area (Å²) >= 11 is 0. The molecule has 0 radical (unpaired) electrons. The van der Waals surface area contributed by atoms with Gasteiger partial charge in [0.25, 0.3) is 0 Å². The van der Waals surface area contributed by atoms with Crippen molar-refractivity contribution in [3.63, 3.8) is 0 Å². The number of halogens is 3. The van der Waals surface area contributed by atoms with Crippen LogP contribution in [0.1, 0.15) is 18.9 Å². The lowest BCUT2D eigenvalue weighted by atomic mass is 9.89. The third-order valence-electron chi connectivity index (χ3n) is 4.03. The second-order valence-corrected chi connectivity index (χ2v) is 6.21. The molecule has 1 unspecified atom stereocenters. The van der Waals surface area contributed by atoms with Crippen molar-refractivity contribution in [3.8, 4) is 0 Å². The molecule has 0 bridgehead atoms. The maximum atomic E-state index is 13.3. The van der Waals surface area contributed by atoms with E-state index in [1.54, 1.807) is 0 Å². The van der Waals surface area contributed by atoms with Crippen LogP contribution in [0.15, 0.2) is 18.2 Å². The molecule has 1 atom stereocenters. The second-order valence-electron chi connectivity index (χ2n) is 6.21. The molecule has 1 fully saturated rings. The minimum absolute atomic E-state index is 0. The van der Waals surface area contributed by atoms with E-state index in [-0.39, 0.29) is 30.3 Å². The first-order valence-electron chi connectivity index (χ1n) is 7.36. The van der Waals surface area contributed by atoms with Crippen LogP contribution in [0.2, 0.25) is 0 Å². The number of nitrogens with zero attached hydrogens (tertiary/aromatic N) is 1. The third-order valence-corrected chi connectivity index (χ3v) is 4.03. The SMILES string of the molecule is COC(=O)CN(Cc1ccc(F)c(F)c1)CC1(C)CCNC1.Cl. The van der Waals surface area contributed by atoms with Crippen molar-refractivity contribution in [1.82, 2.24) is 10.2 Å². The van der Waals surface area contributed by atoms with E-state index in [2.05, 4.69) is 12.2 Å². The highest BCUT2D eigenvalue weighted by atomic mass is 35.5. The number of ether oxygens (including phenoxy) is 1. The van der Waals surface area contributed by atoms with Crippen molar-refractivity contribution in [3.05, 3.63) is 35.4 Å². The van der Waals surface area contributed by atoms with Crippen molar-refractivity contribution >= 4 is 18.4 Å². The first kappa shape index (κ1) is 19.8. The fraction of sp³-hybridized carbons (Fsp3) is 0.562. The van der Waals surface area contributed by atoms with Gasteiger partial charge in [-0.1, -0.05) is 13.0 Å². The number of rotatable bonds is 6. The summed E-state index contributed by atoms with van der Waals surface area (Å²) in [5, 5.41) is 3.31. The summed E-state index contributed by atoms with van der Waals surface area (Å²) in [5.41, 5.74) is 0.699. The van der Waals surface area contributed by atoms with Gasteiger partial charge in [-0.2, -0.15) is 0 Å². The molecule has 0 spiro atoms. The Bertz CT molecular complexity index is 537. The Labute approximate surface area is 141 Å². The molecule has 1 saturated heterocycles. The van der Waals surface area contributed by atoms with Gasteiger partial charge in [0, 0.05) is 19.6 Å². The Hall–Kier alpha value is -1.24. The Morgan fingerprint density at radius 1 is 1.39 bits per heavy atom. The van der Waals surface area contributed by atoms with E-state index in [9.17, 15) is 13.6 Å². The predicted octanol–water partition coefficient (Wildman–Crippen LogP) is 2.36. The topological polar surface area (TPSA) is 41.6 Å². The molecule has 0 aromatic heterocycles. The van der Waals surface area contributed by atoms with Crippen LogP contribution in [-0.4, -0.2) is 44.2 Å².